The highest BCUT2D eigenvalue weighted by Gasteiger charge is 2.24. The van der Waals surface area contributed by atoms with Crippen LogP contribution in [0.2, 0.25) is 0 Å². The molecule has 1 fully saturated rings. The van der Waals surface area contributed by atoms with E-state index in [4.69, 9.17) is 0 Å². The van der Waals surface area contributed by atoms with Crippen molar-refractivity contribution >= 4 is 17.2 Å². The molecule has 4 nitrogen and oxygen atoms in total. The zero-order chi connectivity index (χ0) is 14.8. The van der Waals surface area contributed by atoms with Crippen molar-refractivity contribution in [3.63, 3.8) is 0 Å². The van der Waals surface area contributed by atoms with Crippen LogP contribution in [0.25, 0.3) is 0 Å². The lowest BCUT2D eigenvalue weighted by Gasteiger charge is -2.24. The molecule has 0 aromatic carbocycles. The van der Waals surface area contributed by atoms with Gasteiger partial charge in [0.15, 0.2) is 0 Å². The van der Waals surface area contributed by atoms with Gasteiger partial charge in [0.2, 0.25) is 0 Å². The van der Waals surface area contributed by atoms with Crippen LogP contribution in [0.1, 0.15) is 35.9 Å². The van der Waals surface area contributed by atoms with Crippen molar-refractivity contribution in [1.29, 1.82) is 0 Å². The predicted octanol–water partition coefficient (Wildman–Crippen LogP) is 3.07. The largest absolute Gasteiger partial charge is 0.352 e. The quantitative estimate of drug-likeness (QED) is 0.853. The van der Waals surface area contributed by atoms with Crippen molar-refractivity contribution in [2.24, 2.45) is 7.05 Å². The van der Waals surface area contributed by atoms with Gasteiger partial charge in [0.25, 0.3) is 0 Å². The van der Waals surface area contributed by atoms with E-state index in [1.54, 1.807) is 0 Å². The Morgan fingerprint density at radius 3 is 2.90 bits per heavy atom. The lowest BCUT2D eigenvalue weighted by atomic mass is 10.2. The summed E-state index contributed by atoms with van der Waals surface area (Å²) >= 11 is 1.82. The van der Waals surface area contributed by atoms with Crippen molar-refractivity contribution in [3.05, 3.63) is 33.6 Å². The summed E-state index contributed by atoms with van der Waals surface area (Å²) in [6, 6.07) is 5.06. The first-order valence-corrected chi connectivity index (χ1v) is 8.60. The molecule has 0 spiro atoms. The smallest absolute Gasteiger partial charge is 0.131 e. The topological polar surface area (TPSA) is 33.1 Å². The summed E-state index contributed by atoms with van der Waals surface area (Å²) in [5.74, 6) is 1.26. The third kappa shape index (κ3) is 3.30. The molecule has 21 heavy (non-hydrogen) atoms. The van der Waals surface area contributed by atoms with E-state index in [9.17, 15) is 0 Å². The van der Waals surface area contributed by atoms with E-state index in [2.05, 4.69) is 53.7 Å². The molecule has 5 heteroatoms. The fourth-order valence-corrected chi connectivity index (χ4v) is 3.47. The van der Waals surface area contributed by atoms with Crippen LogP contribution < -0.4 is 10.2 Å². The first kappa shape index (κ1) is 14.6. The minimum absolute atomic E-state index is 0.727. The third-order valence-corrected chi connectivity index (χ3v) is 4.93. The van der Waals surface area contributed by atoms with Gasteiger partial charge >= 0.3 is 0 Å². The van der Waals surface area contributed by atoms with Crippen molar-refractivity contribution in [2.75, 3.05) is 11.4 Å². The van der Waals surface area contributed by atoms with Crippen LogP contribution in [0.5, 0.6) is 0 Å². The normalized spacial score (nSPS) is 14.6. The summed E-state index contributed by atoms with van der Waals surface area (Å²) < 4.78 is 2.04. The van der Waals surface area contributed by atoms with E-state index < -0.39 is 0 Å². The molecule has 0 unspecified atom stereocenters. The maximum Gasteiger partial charge on any atom is 0.131 e. The van der Waals surface area contributed by atoms with E-state index in [0.29, 0.717) is 0 Å². The second kappa shape index (κ2) is 6.20. The number of aryl methyl sites for hydroxylation is 2. The highest BCUT2D eigenvalue weighted by Crippen LogP contribution is 2.27. The van der Waals surface area contributed by atoms with Crippen LogP contribution in [0.3, 0.4) is 0 Å². The summed E-state index contributed by atoms with van der Waals surface area (Å²) in [5.41, 5.74) is 2.49. The highest BCUT2D eigenvalue weighted by molar-refractivity contribution is 7.09. The Labute approximate surface area is 130 Å². The molecule has 2 aromatic heterocycles. The monoisotopic (exact) mass is 304 g/mol. The van der Waals surface area contributed by atoms with Crippen molar-refractivity contribution in [1.82, 2.24) is 15.1 Å². The first-order chi connectivity index (χ1) is 10.2. The van der Waals surface area contributed by atoms with Crippen LogP contribution in [0, 0.1) is 6.92 Å². The highest BCUT2D eigenvalue weighted by atomic mass is 32.1. The molecular weight excluding hydrogens is 280 g/mol. The molecule has 0 bridgehead atoms. The van der Waals surface area contributed by atoms with Gasteiger partial charge in [0.1, 0.15) is 5.82 Å². The second-order valence-electron chi connectivity index (χ2n) is 5.76. The summed E-state index contributed by atoms with van der Waals surface area (Å²) in [6.45, 7) is 7.22. The third-order valence-electron chi connectivity index (χ3n) is 4.07. The molecule has 1 N–H and O–H groups in total. The number of thiophene rings is 1. The maximum atomic E-state index is 4.65. The Kier molecular flexibility index (Phi) is 4.31. The summed E-state index contributed by atoms with van der Waals surface area (Å²) in [4.78, 5) is 3.83. The lowest BCUT2D eigenvalue weighted by molar-refractivity contribution is 0.674. The Hall–Kier alpha value is -1.33. The van der Waals surface area contributed by atoms with Gasteiger partial charge in [-0.05, 0) is 38.1 Å². The van der Waals surface area contributed by atoms with Gasteiger partial charge in [-0.1, -0.05) is 6.07 Å². The molecule has 0 atom stereocenters. The number of rotatable bonds is 7. The van der Waals surface area contributed by atoms with E-state index in [-0.39, 0.29) is 0 Å². The minimum atomic E-state index is 0.727. The molecular formula is C16H24N4S. The molecule has 114 valence electrons. The Balaban J connectivity index is 1.83. The van der Waals surface area contributed by atoms with E-state index in [1.165, 1.54) is 29.1 Å². The number of nitrogens with zero attached hydrogens (tertiary/aromatic N) is 3. The molecule has 3 rings (SSSR count). The number of anilines is 1. The standard InChI is InChI=1S/C16H24N4S/c1-4-20(11-14-6-5-9-21-14)16-15(10-17-13-7-8-13)12(2)18-19(16)3/h5-6,9,13,17H,4,7-8,10-11H2,1-3H3. The average Bonchev–Trinajstić information content (AvgIpc) is 3.06. The SMILES string of the molecule is CCN(Cc1cccs1)c1c(CNC2CC2)c(C)nn1C. The molecule has 1 saturated carbocycles. The van der Waals surface area contributed by atoms with Crippen molar-refractivity contribution in [2.45, 2.75) is 45.8 Å². The van der Waals surface area contributed by atoms with Gasteiger partial charge < -0.3 is 10.2 Å². The molecule has 0 aliphatic heterocycles. The predicted molar refractivity (Wildman–Crippen MR) is 88.8 cm³/mol. The molecule has 2 heterocycles. The van der Waals surface area contributed by atoms with Crippen molar-refractivity contribution < 1.29 is 0 Å². The van der Waals surface area contributed by atoms with E-state index in [1.807, 2.05) is 16.0 Å². The zero-order valence-corrected chi connectivity index (χ0v) is 13.9. The molecule has 0 saturated heterocycles. The van der Waals surface area contributed by atoms with Gasteiger partial charge in [-0.3, -0.25) is 4.68 Å². The summed E-state index contributed by atoms with van der Waals surface area (Å²) in [7, 11) is 2.06. The Morgan fingerprint density at radius 1 is 1.48 bits per heavy atom. The average molecular weight is 304 g/mol. The van der Waals surface area contributed by atoms with Gasteiger partial charge in [-0.2, -0.15) is 5.10 Å². The molecule has 2 aromatic rings. The van der Waals surface area contributed by atoms with Gasteiger partial charge in [0, 0.05) is 36.6 Å². The van der Waals surface area contributed by atoms with Gasteiger partial charge in [-0.15, -0.1) is 11.3 Å². The van der Waals surface area contributed by atoms with Crippen molar-refractivity contribution in [3.8, 4) is 0 Å². The number of hydrogen-bond donors (Lipinski definition) is 1. The number of aromatic nitrogens is 2. The summed E-state index contributed by atoms with van der Waals surface area (Å²) in [5, 5.41) is 10.4. The van der Waals surface area contributed by atoms with Crippen LogP contribution in [0.4, 0.5) is 5.82 Å². The van der Waals surface area contributed by atoms with Gasteiger partial charge in [-0.25, -0.2) is 0 Å². The van der Waals surface area contributed by atoms with Gasteiger partial charge in [0.05, 0.1) is 12.2 Å². The fourth-order valence-electron chi connectivity index (χ4n) is 2.75. The lowest BCUT2D eigenvalue weighted by Crippen LogP contribution is -2.26. The minimum Gasteiger partial charge on any atom is -0.352 e. The Bertz CT molecular complexity index is 584. The molecule has 0 radical (unpaired) electrons. The fraction of sp³-hybridized carbons (Fsp3) is 0.562. The maximum absolute atomic E-state index is 4.65. The molecule has 1 aliphatic rings. The molecule has 1 aliphatic carbocycles. The number of hydrogen-bond acceptors (Lipinski definition) is 4. The Morgan fingerprint density at radius 2 is 2.29 bits per heavy atom. The van der Waals surface area contributed by atoms with Crippen LogP contribution >= 0.6 is 11.3 Å². The second-order valence-corrected chi connectivity index (χ2v) is 6.79. The van der Waals surface area contributed by atoms with Crippen LogP contribution in [-0.4, -0.2) is 22.4 Å². The first-order valence-electron chi connectivity index (χ1n) is 7.72. The van der Waals surface area contributed by atoms with E-state index >= 15 is 0 Å². The van der Waals surface area contributed by atoms with Crippen LogP contribution in [0.15, 0.2) is 17.5 Å². The van der Waals surface area contributed by atoms with Crippen LogP contribution in [-0.2, 0) is 20.1 Å². The molecule has 0 amide bonds. The zero-order valence-electron chi connectivity index (χ0n) is 13.1. The summed E-state index contributed by atoms with van der Waals surface area (Å²) in [6.07, 6.45) is 2.64. The van der Waals surface area contributed by atoms with E-state index in [0.717, 1.165) is 31.4 Å². The number of nitrogens with one attached hydrogen (secondary N) is 1.